The van der Waals surface area contributed by atoms with E-state index >= 15 is 0 Å². The van der Waals surface area contributed by atoms with E-state index in [1.165, 1.54) is 13.0 Å². The zero-order valence-corrected chi connectivity index (χ0v) is 10.9. The number of nitrogens with zero attached hydrogens (tertiary/aromatic N) is 1. The van der Waals surface area contributed by atoms with Crippen LogP contribution in [0.4, 0.5) is 5.69 Å². The van der Waals surface area contributed by atoms with Crippen LogP contribution in [0.5, 0.6) is 0 Å². The minimum Gasteiger partial charge on any atom is -0.384 e. The van der Waals surface area contributed by atoms with Gasteiger partial charge < -0.3 is 10.2 Å². The van der Waals surface area contributed by atoms with Crippen LogP contribution in [0, 0.1) is 0 Å². The maximum absolute atomic E-state index is 5.91. The number of halogens is 1. The van der Waals surface area contributed by atoms with Gasteiger partial charge in [0.05, 0.1) is 0 Å². The number of hydrogen-bond acceptors (Lipinski definition) is 2. The van der Waals surface area contributed by atoms with Gasteiger partial charge in [-0.05, 0) is 37.7 Å². The topological polar surface area (TPSA) is 15.3 Å². The molecule has 0 aliphatic rings. The van der Waals surface area contributed by atoms with E-state index in [2.05, 4.69) is 24.1 Å². The van der Waals surface area contributed by atoms with Gasteiger partial charge in [0.1, 0.15) is 0 Å². The molecule has 90 valence electrons. The highest BCUT2D eigenvalue weighted by Crippen LogP contribution is 2.14. The second-order valence-corrected chi connectivity index (χ2v) is 4.31. The summed E-state index contributed by atoms with van der Waals surface area (Å²) in [7, 11) is 0. The first-order valence-corrected chi connectivity index (χ1v) is 6.35. The van der Waals surface area contributed by atoms with E-state index in [9.17, 15) is 0 Å². The lowest BCUT2D eigenvalue weighted by atomic mass is 10.3. The zero-order chi connectivity index (χ0) is 11.8. The van der Waals surface area contributed by atoms with Gasteiger partial charge in [-0.25, -0.2) is 0 Å². The average molecular weight is 241 g/mol. The fourth-order valence-corrected chi connectivity index (χ4v) is 1.89. The number of likely N-dealkylation sites (N-methyl/N-ethyl adjacent to an activating group) is 1. The Morgan fingerprint density at radius 3 is 2.69 bits per heavy atom. The van der Waals surface area contributed by atoms with Crippen molar-refractivity contribution in [1.29, 1.82) is 0 Å². The predicted octanol–water partition coefficient (Wildman–Crippen LogP) is 3.48. The van der Waals surface area contributed by atoms with Gasteiger partial charge in [0, 0.05) is 23.8 Å². The summed E-state index contributed by atoms with van der Waals surface area (Å²) in [4.78, 5) is 2.44. The maximum Gasteiger partial charge on any atom is 0.0426 e. The van der Waals surface area contributed by atoms with Gasteiger partial charge in [-0.3, -0.25) is 0 Å². The van der Waals surface area contributed by atoms with Crippen LogP contribution in [0.3, 0.4) is 0 Å². The second-order valence-electron chi connectivity index (χ2n) is 3.87. The molecule has 16 heavy (non-hydrogen) atoms. The lowest BCUT2D eigenvalue weighted by Gasteiger charge is -2.19. The van der Waals surface area contributed by atoms with Crippen molar-refractivity contribution in [2.75, 3.05) is 31.5 Å². The lowest BCUT2D eigenvalue weighted by Crippen LogP contribution is -2.29. The van der Waals surface area contributed by atoms with Crippen LogP contribution in [0.1, 0.15) is 20.3 Å². The van der Waals surface area contributed by atoms with Crippen molar-refractivity contribution in [2.45, 2.75) is 20.3 Å². The van der Waals surface area contributed by atoms with E-state index in [0.717, 1.165) is 30.3 Å². The number of hydrogen-bond donors (Lipinski definition) is 1. The minimum atomic E-state index is 0.783. The molecule has 0 spiro atoms. The van der Waals surface area contributed by atoms with Gasteiger partial charge in [-0.15, -0.1) is 0 Å². The van der Waals surface area contributed by atoms with Crippen molar-refractivity contribution in [1.82, 2.24) is 4.90 Å². The van der Waals surface area contributed by atoms with E-state index in [1.54, 1.807) is 0 Å². The van der Waals surface area contributed by atoms with E-state index in [-0.39, 0.29) is 0 Å². The highest BCUT2D eigenvalue weighted by Gasteiger charge is 1.99. The summed E-state index contributed by atoms with van der Waals surface area (Å²) >= 11 is 5.91. The number of rotatable bonds is 7. The Balaban J connectivity index is 2.29. The molecule has 0 fully saturated rings. The van der Waals surface area contributed by atoms with Crippen LogP contribution in [-0.4, -0.2) is 31.1 Å². The summed E-state index contributed by atoms with van der Waals surface area (Å²) in [6.07, 6.45) is 1.21. The molecule has 0 bridgehead atoms. The SMILES string of the molecule is CCCN(CC)CCNc1cccc(Cl)c1. The molecule has 0 saturated carbocycles. The molecule has 0 atom stereocenters. The monoisotopic (exact) mass is 240 g/mol. The first-order chi connectivity index (χ1) is 7.76. The van der Waals surface area contributed by atoms with E-state index in [1.807, 2.05) is 24.3 Å². The number of nitrogens with one attached hydrogen (secondary N) is 1. The van der Waals surface area contributed by atoms with Crippen molar-refractivity contribution in [2.24, 2.45) is 0 Å². The van der Waals surface area contributed by atoms with Crippen LogP contribution in [-0.2, 0) is 0 Å². The molecule has 3 heteroatoms. The summed E-state index contributed by atoms with van der Waals surface area (Å²) in [6.45, 7) is 8.76. The summed E-state index contributed by atoms with van der Waals surface area (Å²) < 4.78 is 0. The highest BCUT2D eigenvalue weighted by molar-refractivity contribution is 6.30. The first-order valence-electron chi connectivity index (χ1n) is 5.98. The smallest absolute Gasteiger partial charge is 0.0426 e. The van der Waals surface area contributed by atoms with Crippen molar-refractivity contribution >= 4 is 17.3 Å². The molecule has 0 amide bonds. The van der Waals surface area contributed by atoms with Crippen LogP contribution in [0.2, 0.25) is 5.02 Å². The van der Waals surface area contributed by atoms with Crippen molar-refractivity contribution in [3.05, 3.63) is 29.3 Å². The Hall–Kier alpha value is -0.730. The first kappa shape index (κ1) is 13.3. The van der Waals surface area contributed by atoms with E-state index in [4.69, 9.17) is 11.6 Å². The van der Waals surface area contributed by atoms with Gasteiger partial charge in [-0.1, -0.05) is 31.5 Å². The van der Waals surface area contributed by atoms with E-state index in [0.29, 0.717) is 0 Å². The third-order valence-electron chi connectivity index (χ3n) is 2.57. The molecule has 1 aromatic rings. The Labute approximate surface area is 104 Å². The summed E-state index contributed by atoms with van der Waals surface area (Å²) in [5, 5.41) is 4.17. The van der Waals surface area contributed by atoms with Gasteiger partial charge in [-0.2, -0.15) is 0 Å². The fraction of sp³-hybridized carbons (Fsp3) is 0.538. The number of benzene rings is 1. The maximum atomic E-state index is 5.91. The largest absolute Gasteiger partial charge is 0.384 e. The van der Waals surface area contributed by atoms with Crippen LogP contribution in [0.15, 0.2) is 24.3 Å². The molecule has 1 aromatic carbocycles. The van der Waals surface area contributed by atoms with Crippen molar-refractivity contribution in [3.63, 3.8) is 0 Å². The van der Waals surface area contributed by atoms with Gasteiger partial charge in [0.2, 0.25) is 0 Å². The average Bonchev–Trinajstić information content (AvgIpc) is 2.28. The second kappa shape index (κ2) is 7.53. The summed E-state index contributed by atoms with van der Waals surface area (Å²) in [5.74, 6) is 0. The Morgan fingerprint density at radius 2 is 2.06 bits per heavy atom. The quantitative estimate of drug-likeness (QED) is 0.785. The molecule has 2 nitrogen and oxygen atoms in total. The van der Waals surface area contributed by atoms with E-state index < -0.39 is 0 Å². The molecule has 0 saturated heterocycles. The third-order valence-corrected chi connectivity index (χ3v) is 2.80. The molecule has 0 aliphatic carbocycles. The van der Waals surface area contributed by atoms with Gasteiger partial charge >= 0.3 is 0 Å². The molecule has 0 heterocycles. The fourth-order valence-electron chi connectivity index (χ4n) is 1.70. The third kappa shape index (κ3) is 4.86. The Morgan fingerprint density at radius 1 is 1.25 bits per heavy atom. The summed E-state index contributed by atoms with van der Waals surface area (Å²) in [6, 6.07) is 7.86. The zero-order valence-electron chi connectivity index (χ0n) is 10.2. The molecule has 0 aliphatic heterocycles. The molecule has 1 N–H and O–H groups in total. The molecular weight excluding hydrogens is 220 g/mol. The molecule has 0 radical (unpaired) electrons. The molecule has 0 aromatic heterocycles. The summed E-state index contributed by atoms with van der Waals surface area (Å²) in [5.41, 5.74) is 1.10. The molecular formula is C13H21ClN2. The van der Waals surface area contributed by atoms with Crippen LogP contribution >= 0.6 is 11.6 Å². The molecule has 1 rings (SSSR count). The molecule has 0 unspecified atom stereocenters. The Bertz CT molecular complexity index is 302. The normalized spacial score (nSPS) is 10.8. The van der Waals surface area contributed by atoms with Gasteiger partial charge in [0.15, 0.2) is 0 Å². The van der Waals surface area contributed by atoms with Crippen molar-refractivity contribution < 1.29 is 0 Å². The minimum absolute atomic E-state index is 0.783. The number of anilines is 1. The standard InChI is InChI=1S/C13H21ClN2/c1-3-9-16(4-2)10-8-15-13-7-5-6-12(14)11-13/h5-7,11,15H,3-4,8-10H2,1-2H3. The predicted molar refractivity (Wildman–Crippen MR) is 72.3 cm³/mol. The van der Waals surface area contributed by atoms with Crippen LogP contribution < -0.4 is 5.32 Å². The lowest BCUT2D eigenvalue weighted by molar-refractivity contribution is 0.300. The Kier molecular flexibility index (Phi) is 6.27. The van der Waals surface area contributed by atoms with Gasteiger partial charge in [0.25, 0.3) is 0 Å². The van der Waals surface area contributed by atoms with Crippen molar-refractivity contribution in [3.8, 4) is 0 Å². The highest BCUT2D eigenvalue weighted by atomic mass is 35.5. The van der Waals surface area contributed by atoms with Crippen LogP contribution in [0.25, 0.3) is 0 Å².